The molecular weight excluding hydrogens is 605 g/mol. The lowest BCUT2D eigenvalue weighted by atomic mass is 9.72. The Hall–Kier alpha value is -6.38. The molecule has 232 valence electrons. The van der Waals surface area contributed by atoms with E-state index in [2.05, 4.69) is 152 Å². The van der Waals surface area contributed by atoms with Crippen LogP contribution in [0.4, 0.5) is 0 Å². The van der Waals surface area contributed by atoms with Crippen molar-refractivity contribution in [2.24, 2.45) is 10.9 Å². The summed E-state index contributed by atoms with van der Waals surface area (Å²) in [6.45, 7) is 0. The van der Waals surface area contributed by atoms with E-state index in [-0.39, 0.29) is 5.92 Å². The molecule has 0 amide bonds. The predicted molar refractivity (Wildman–Crippen MR) is 212 cm³/mol. The molecule has 1 unspecified atom stereocenters. The molecule has 0 bridgehead atoms. The number of aromatic nitrogens is 1. The van der Waals surface area contributed by atoms with Gasteiger partial charge in [0.15, 0.2) is 0 Å². The number of aliphatic imine (C=N–C) groups is 1. The fraction of sp³-hybridized carbons (Fsp3) is 0.0417. The van der Waals surface area contributed by atoms with Crippen LogP contribution < -0.4 is 0 Å². The number of benzene rings is 8. The van der Waals surface area contributed by atoms with E-state index >= 15 is 0 Å². The largest absolute Gasteiger partial charge is 0.259 e. The van der Waals surface area contributed by atoms with Gasteiger partial charge in [0.25, 0.3) is 0 Å². The van der Waals surface area contributed by atoms with Gasteiger partial charge >= 0.3 is 0 Å². The van der Waals surface area contributed by atoms with Crippen LogP contribution in [0.15, 0.2) is 169 Å². The Morgan fingerprint density at radius 1 is 0.440 bits per heavy atom. The van der Waals surface area contributed by atoms with Crippen LogP contribution in [-0.4, -0.2) is 10.7 Å². The minimum atomic E-state index is 0.0885. The number of hydrogen-bond acceptors (Lipinski definition) is 2. The van der Waals surface area contributed by atoms with Gasteiger partial charge in [-0.3, -0.25) is 9.98 Å². The number of rotatable bonds is 2. The van der Waals surface area contributed by atoms with E-state index in [1.165, 1.54) is 86.9 Å². The van der Waals surface area contributed by atoms with Crippen molar-refractivity contribution in [2.45, 2.75) is 6.42 Å². The molecule has 1 aromatic heterocycles. The first-order valence-corrected chi connectivity index (χ1v) is 17.4. The Morgan fingerprint density at radius 2 is 0.900 bits per heavy atom. The van der Waals surface area contributed by atoms with Gasteiger partial charge in [0, 0.05) is 23.9 Å². The van der Waals surface area contributed by atoms with Gasteiger partial charge in [-0.1, -0.05) is 133 Å². The van der Waals surface area contributed by atoms with E-state index in [0.717, 1.165) is 23.4 Å². The third kappa shape index (κ3) is 3.85. The van der Waals surface area contributed by atoms with Gasteiger partial charge < -0.3 is 0 Å². The van der Waals surface area contributed by atoms with Crippen LogP contribution >= 0.6 is 0 Å². The minimum absolute atomic E-state index is 0.0885. The number of fused-ring (bicyclic) bond motifs is 15. The first-order valence-electron chi connectivity index (χ1n) is 17.4. The van der Waals surface area contributed by atoms with E-state index < -0.39 is 0 Å². The lowest BCUT2D eigenvalue weighted by Gasteiger charge is -2.33. The van der Waals surface area contributed by atoms with Crippen LogP contribution in [0.5, 0.6) is 0 Å². The zero-order chi connectivity index (χ0) is 32.8. The molecule has 2 aliphatic rings. The summed E-state index contributed by atoms with van der Waals surface area (Å²) in [4.78, 5) is 10.0. The minimum Gasteiger partial charge on any atom is -0.259 e. The van der Waals surface area contributed by atoms with Crippen molar-refractivity contribution >= 4 is 81.5 Å². The average molecular weight is 635 g/mol. The topological polar surface area (TPSA) is 25.2 Å². The number of allylic oxidation sites excluding steroid dienone is 2. The number of hydrogen-bond donors (Lipinski definition) is 0. The van der Waals surface area contributed by atoms with Crippen LogP contribution in [0.2, 0.25) is 0 Å². The highest BCUT2D eigenvalue weighted by atomic mass is 14.8. The van der Waals surface area contributed by atoms with Crippen LogP contribution in [0.25, 0.3) is 75.8 Å². The Bertz CT molecular complexity index is 2940. The molecule has 1 aliphatic carbocycles. The van der Waals surface area contributed by atoms with Gasteiger partial charge in [-0.2, -0.15) is 0 Å². The smallest absolute Gasteiger partial charge is 0.0929 e. The summed E-state index contributed by atoms with van der Waals surface area (Å²) in [7, 11) is 0. The molecule has 9 aromatic rings. The molecule has 0 radical (unpaired) electrons. The lowest BCUT2D eigenvalue weighted by molar-refractivity contribution is 0.870. The maximum absolute atomic E-state index is 5.01. The molecule has 0 saturated carbocycles. The zero-order valence-electron chi connectivity index (χ0n) is 27.3. The molecular formula is C48H30N2. The average Bonchev–Trinajstić information content (AvgIpc) is 3.20. The first kappa shape index (κ1) is 27.6. The summed E-state index contributed by atoms with van der Waals surface area (Å²) >= 11 is 0. The summed E-state index contributed by atoms with van der Waals surface area (Å²) in [5, 5.41) is 15.4. The number of pyridine rings is 1. The molecule has 11 rings (SSSR count). The summed E-state index contributed by atoms with van der Waals surface area (Å²) in [6.07, 6.45) is 6.96. The van der Waals surface area contributed by atoms with E-state index in [0.29, 0.717) is 0 Å². The standard InChI is InChI=1S/C48H30N2/c1-3-15-35-31(11-1)33-13-5-7-17-37(33)43-27-29(21-23-39(35)43)45-41-19-9-25-49-47(41)48-42(20-10-26-50-48)46(45)30-22-24-40-36-16-4-2-12-32(36)34-14-6-8-18-38(34)44(40)28-30/h1-19,21-28,42H,20H2. The van der Waals surface area contributed by atoms with E-state index in [1.807, 2.05) is 12.4 Å². The first-order chi connectivity index (χ1) is 24.8. The molecule has 2 heteroatoms. The molecule has 0 fully saturated rings. The van der Waals surface area contributed by atoms with Crippen molar-refractivity contribution < 1.29 is 0 Å². The Kier molecular flexibility index (Phi) is 5.82. The molecule has 2 heterocycles. The maximum atomic E-state index is 5.01. The van der Waals surface area contributed by atoms with Crippen molar-refractivity contribution in [3.63, 3.8) is 0 Å². The third-order valence-electron chi connectivity index (χ3n) is 11.0. The summed E-state index contributed by atoms with van der Waals surface area (Å²) < 4.78 is 0. The number of nitrogens with zero attached hydrogens (tertiary/aromatic N) is 2. The SMILES string of the molecule is C1=CN=C2c3ncccc3C(c3ccc4c5ccccc5c5ccccc5c4c3)=C(c3ccc4c5ccccc5c5ccccc5c4c3)C2C1. The highest BCUT2D eigenvalue weighted by Crippen LogP contribution is 2.48. The molecule has 8 aromatic carbocycles. The van der Waals surface area contributed by atoms with Gasteiger partial charge in [0.1, 0.15) is 0 Å². The monoisotopic (exact) mass is 634 g/mol. The third-order valence-corrected chi connectivity index (χ3v) is 11.0. The fourth-order valence-electron chi connectivity index (χ4n) is 8.94. The van der Waals surface area contributed by atoms with Crippen LogP contribution in [0.1, 0.15) is 28.8 Å². The van der Waals surface area contributed by atoms with Gasteiger partial charge in [-0.05, 0) is 112 Å². The fourth-order valence-corrected chi connectivity index (χ4v) is 8.94. The van der Waals surface area contributed by atoms with Crippen molar-refractivity contribution in [1.29, 1.82) is 0 Å². The molecule has 0 N–H and O–H groups in total. The second-order valence-corrected chi connectivity index (χ2v) is 13.6. The molecule has 0 spiro atoms. The van der Waals surface area contributed by atoms with Crippen LogP contribution in [0, 0.1) is 5.92 Å². The Balaban J connectivity index is 1.27. The Labute approximate surface area is 289 Å². The maximum Gasteiger partial charge on any atom is 0.0929 e. The van der Waals surface area contributed by atoms with Crippen molar-refractivity contribution in [1.82, 2.24) is 4.98 Å². The second-order valence-electron chi connectivity index (χ2n) is 13.6. The highest BCUT2D eigenvalue weighted by Gasteiger charge is 2.35. The van der Waals surface area contributed by atoms with E-state index in [4.69, 9.17) is 9.98 Å². The van der Waals surface area contributed by atoms with Gasteiger partial charge in [0.05, 0.1) is 11.4 Å². The summed E-state index contributed by atoms with van der Waals surface area (Å²) in [5.41, 5.74) is 8.19. The van der Waals surface area contributed by atoms with Crippen molar-refractivity contribution in [2.75, 3.05) is 0 Å². The molecule has 2 nitrogen and oxygen atoms in total. The molecule has 1 atom stereocenters. The molecule has 1 aliphatic heterocycles. The van der Waals surface area contributed by atoms with Crippen LogP contribution in [0.3, 0.4) is 0 Å². The van der Waals surface area contributed by atoms with Gasteiger partial charge in [-0.25, -0.2) is 0 Å². The predicted octanol–water partition coefficient (Wildman–Crippen LogP) is 12.3. The highest BCUT2D eigenvalue weighted by molar-refractivity contribution is 6.28. The summed E-state index contributed by atoms with van der Waals surface area (Å²) in [6, 6.07) is 53.9. The molecule has 50 heavy (non-hydrogen) atoms. The Morgan fingerprint density at radius 3 is 1.44 bits per heavy atom. The molecule has 0 saturated heterocycles. The van der Waals surface area contributed by atoms with Crippen LogP contribution in [-0.2, 0) is 0 Å². The van der Waals surface area contributed by atoms with E-state index in [9.17, 15) is 0 Å². The summed E-state index contributed by atoms with van der Waals surface area (Å²) in [5.74, 6) is 0.0885. The zero-order valence-corrected chi connectivity index (χ0v) is 27.3. The lowest BCUT2D eigenvalue weighted by Crippen LogP contribution is -2.26. The van der Waals surface area contributed by atoms with Gasteiger partial charge in [0.2, 0.25) is 0 Å². The van der Waals surface area contributed by atoms with Gasteiger partial charge in [-0.15, -0.1) is 0 Å². The van der Waals surface area contributed by atoms with Crippen molar-refractivity contribution in [3.8, 4) is 0 Å². The van der Waals surface area contributed by atoms with E-state index in [1.54, 1.807) is 0 Å². The normalized spacial score (nSPS) is 15.7. The second kappa shape index (κ2) is 10.6. The quantitative estimate of drug-likeness (QED) is 0.174. The van der Waals surface area contributed by atoms with Crippen molar-refractivity contribution in [3.05, 3.63) is 186 Å².